The molecule has 2 atom stereocenters. The van der Waals surface area contributed by atoms with Crippen molar-refractivity contribution >= 4 is 11.9 Å². The summed E-state index contributed by atoms with van der Waals surface area (Å²) in [5.41, 5.74) is 1.89. The normalized spacial score (nSPS) is 25.2. The number of piperidine rings is 1. The lowest BCUT2D eigenvalue weighted by Crippen LogP contribution is -2.72. The van der Waals surface area contributed by atoms with Crippen LogP contribution in [-0.2, 0) is 11.3 Å². The Hall–Kier alpha value is -2.37. The van der Waals surface area contributed by atoms with E-state index in [-0.39, 0.29) is 35.8 Å². The number of allylic oxidation sites excluding steroid dienone is 1. The SMILES string of the molecule is C=C1CC(C(=O)N2CC3CC(C2)N3C(=O)NCc2cccc(F)c2)C1. The molecule has 25 heavy (non-hydrogen) atoms. The summed E-state index contributed by atoms with van der Waals surface area (Å²) >= 11 is 0. The maximum absolute atomic E-state index is 13.2. The molecule has 132 valence electrons. The zero-order valence-electron chi connectivity index (χ0n) is 14.1. The Bertz CT molecular complexity index is 715. The van der Waals surface area contributed by atoms with Crippen LogP contribution in [0.4, 0.5) is 9.18 Å². The summed E-state index contributed by atoms with van der Waals surface area (Å²) < 4.78 is 13.2. The van der Waals surface area contributed by atoms with Gasteiger partial charge in [-0.3, -0.25) is 4.79 Å². The molecule has 4 fully saturated rings. The second-order valence-electron chi connectivity index (χ2n) is 7.34. The van der Waals surface area contributed by atoms with Gasteiger partial charge in [0.05, 0.1) is 12.1 Å². The number of carbonyl (C=O) groups excluding carboxylic acids is 2. The largest absolute Gasteiger partial charge is 0.338 e. The highest BCUT2D eigenvalue weighted by Gasteiger charge is 2.49. The van der Waals surface area contributed by atoms with Crippen molar-refractivity contribution in [3.63, 3.8) is 0 Å². The van der Waals surface area contributed by atoms with Crippen molar-refractivity contribution in [1.29, 1.82) is 0 Å². The zero-order valence-corrected chi connectivity index (χ0v) is 14.1. The topological polar surface area (TPSA) is 52.7 Å². The molecule has 0 spiro atoms. The summed E-state index contributed by atoms with van der Waals surface area (Å²) in [6.45, 7) is 5.43. The van der Waals surface area contributed by atoms with Gasteiger partial charge in [-0.05, 0) is 37.0 Å². The first-order valence-corrected chi connectivity index (χ1v) is 8.77. The highest BCUT2D eigenvalue weighted by molar-refractivity contribution is 5.82. The van der Waals surface area contributed by atoms with E-state index < -0.39 is 0 Å². The number of nitrogens with one attached hydrogen (secondary N) is 1. The Labute approximate surface area is 146 Å². The van der Waals surface area contributed by atoms with Gasteiger partial charge in [-0.2, -0.15) is 0 Å². The first kappa shape index (κ1) is 16.1. The van der Waals surface area contributed by atoms with Crippen LogP contribution in [0, 0.1) is 11.7 Å². The lowest BCUT2D eigenvalue weighted by atomic mass is 9.79. The van der Waals surface area contributed by atoms with E-state index in [0.29, 0.717) is 19.6 Å². The molecule has 3 saturated heterocycles. The van der Waals surface area contributed by atoms with Crippen molar-refractivity contribution in [3.8, 4) is 0 Å². The fraction of sp³-hybridized carbons (Fsp3) is 0.474. The Morgan fingerprint density at radius 1 is 1.24 bits per heavy atom. The van der Waals surface area contributed by atoms with Crippen LogP contribution in [0.3, 0.4) is 0 Å². The van der Waals surface area contributed by atoms with Gasteiger partial charge in [0.25, 0.3) is 0 Å². The predicted molar refractivity (Wildman–Crippen MR) is 91.1 cm³/mol. The summed E-state index contributed by atoms with van der Waals surface area (Å²) in [6, 6.07) is 6.28. The Balaban J connectivity index is 1.30. The van der Waals surface area contributed by atoms with Gasteiger partial charge in [-0.1, -0.05) is 24.3 Å². The zero-order chi connectivity index (χ0) is 17.6. The number of hydrogen-bond donors (Lipinski definition) is 1. The van der Waals surface area contributed by atoms with Gasteiger partial charge in [0.15, 0.2) is 0 Å². The number of amides is 3. The van der Waals surface area contributed by atoms with Crippen LogP contribution in [0.1, 0.15) is 24.8 Å². The van der Waals surface area contributed by atoms with Crippen LogP contribution in [0.25, 0.3) is 0 Å². The van der Waals surface area contributed by atoms with Crippen LogP contribution in [0.5, 0.6) is 0 Å². The predicted octanol–water partition coefficient (Wildman–Crippen LogP) is 2.29. The summed E-state index contributed by atoms with van der Waals surface area (Å²) in [7, 11) is 0. The highest BCUT2D eigenvalue weighted by Crippen LogP contribution is 2.37. The fourth-order valence-corrected chi connectivity index (χ4v) is 4.11. The van der Waals surface area contributed by atoms with E-state index in [9.17, 15) is 14.0 Å². The van der Waals surface area contributed by atoms with Gasteiger partial charge in [0.2, 0.25) is 5.91 Å². The molecular weight excluding hydrogens is 321 g/mol. The van der Waals surface area contributed by atoms with Crippen LogP contribution in [0.15, 0.2) is 36.4 Å². The van der Waals surface area contributed by atoms with Gasteiger partial charge in [0.1, 0.15) is 5.82 Å². The second kappa shape index (κ2) is 6.17. The average molecular weight is 343 g/mol. The number of urea groups is 1. The number of nitrogens with zero attached hydrogens (tertiary/aromatic N) is 2. The van der Waals surface area contributed by atoms with Gasteiger partial charge in [0, 0.05) is 25.6 Å². The minimum Gasteiger partial charge on any atom is -0.338 e. The third-order valence-electron chi connectivity index (χ3n) is 5.49. The Morgan fingerprint density at radius 2 is 1.96 bits per heavy atom. The van der Waals surface area contributed by atoms with Crippen LogP contribution in [-0.4, -0.2) is 46.9 Å². The lowest BCUT2D eigenvalue weighted by Gasteiger charge is -2.56. The van der Waals surface area contributed by atoms with E-state index in [1.165, 1.54) is 12.1 Å². The summed E-state index contributed by atoms with van der Waals surface area (Å²) in [4.78, 5) is 28.6. The number of carbonyl (C=O) groups is 2. The molecule has 2 bridgehead atoms. The van der Waals surface area contributed by atoms with Gasteiger partial charge >= 0.3 is 6.03 Å². The van der Waals surface area contributed by atoms with Crippen molar-refractivity contribution in [1.82, 2.24) is 15.1 Å². The second-order valence-corrected chi connectivity index (χ2v) is 7.34. The van der Waals surface area contributed by atoms with E-state index in [1.54, 1.807) is 12.1 Å². The quantitative estimate of drug-likeness (QED) is 0.856. The molecule has 4 aliphatic rings. The molecule has 5 nitrogen and oxygen atoms in total. The molecule has 0 aromatic heterocycles. The summed E-state index contributed by atoms with van der Waals surface area (Å²) in [6.07, 6.45) is 2.57. The maximum atomic E-state index is 13.2. The van der Waals surface area contributed by atoms with Gasteiger partial charge in [-0.25, -0.2) is 9.18 Å². The third-order valence-corrected chi connectivity index (χ3v) is 5.49. The van der Waals surface area contributed by atoms with Crippen molar-refractivity contribution < 1.29 is 14.0 Å². The number of hydrogen-bond acceptors (Lipinski definition) is 2. The molecule has 1 aromatic carbocycles. The maximum Gasteiger partial charge on any atom is 0.318 e. The van der Waals surface area contributed by atoms with E-state index in [4.69, 9.17) is 0 Å². The highest BCUT2D eigenvalue weighted by atomic mass is 19.1. The van der Waals surface area contributed by atoms with E-state index in [2.05, 4.69) is 11.9 Å². The van der Waals surface area contributed by atoms with Gasteiger partial charge in [-0.15, -0.1) is 0 Å². The number of piperazine rings is 1. The van der Waals surface area contributed by atoms with Crippen molar-refractivity contribution in [2.24, 2.45) is 5.92 Å². The van der Waals surface area contributed by atoms with Crippen molar-refractivity contribution in [2.45, 2.75) is 37.9 Å². The molecule has 1 aromatic rings. The minimum absolute atomic E-state index is 0.0958. The molecular formula is C19H22FN3O2. The molecule has 0 radical (unpaired) electrons. The molecule has 6 heteroatoms. The standard InChI is InChI=1S/C19H22FN3O2/c1-12-5-14(6-12)18(24)22-10-16-8-17(11-22)23(16)19(25)21-9-13-3-2-4-15(20)7-13/h2-4,7,14,16-17H,1,5-6,8-11H2,(H,21,25). The molecule has 1 saturated carbocycles. The monoisotopic (exact) mass is 343 g/mol. The van der Waals surface area contributed by atoms with Crippen LogP contribution >= 0.6 is 0 Å². The van der Waals surface area contributed by atoms with Crippen molar-refractivity contribution in [3.05, 3.63) is 47.8 Å². The molecule has 1 aliphatic carbocycles. The molecule has 1 N–H and O–H groups in total. The summed E-state index contributed by atoms with van der Waals surface area (Å²) in [5.74, 6) is 0.00238. The lowest BCUT2D eigenvalue weighted by molar-refractivity contribution is -0.146. The minimum atomic E-state index is -0.305. The number of benzene rings is 1. The first-order valence-electron chi connectivity index (χ1n) is 8.77. The molecule has 2 unspecified atom stereocenters. The number of halogens is 1. The molecule has 5 rings (SSSR count). The van der Waals surface area contributed by atoms with Gasteiger partial charge < -0.3 is 15.1 Å². The number of rotatable bonds is 3. The average Bonchev–Trinajstić information content (AvgIpc) is 2.56. The van der Waals surface area contributed by atoms with Crippen LogP contribution < -0.4 is 5.32 Å². The van der Waals surface area contributed by atoms with Crippen molar-refractivity contribution in [2.75, 3.05) is 13.1 Å². The molecule has 3 aliphatic heterocycles. The smallest absolute Gasteiger partial charge is 0.318 e. The molecule has 3 heterocycles. The Morgan fingerprint density at radius 3 is 2.60 bits per heavy atom. The molecule has 3 amide bonds. The third kappa shape index (κ3) is 3.01. The fourth-order valence-electron chi connectivity index (χ4n) is 4.11. The summed E-state index contributed by atoms with van der Waals surface area (Å²) in [5, 5.41) is 2.86. The van der Waals surface area contributed by atoms with E-state index in [0.717, 1.165) is 30.4 Å². The van der Waals surface area contributed by atoms with Crippen LogP contribution in [0.2, 0.25) is 0 Å². The van der Waals surface area contributed by atoms with E-state index in [1.807, 2.05) is 9.80 Å². The van der Waals surface area contributed by atoms with E-state index >= 15 is 0 Å². The first-order chi connectivity index (χ1) is 12.0. The Kier molecular flexibility index (Phi) is 3.98. The number of fused-ring (bicyclic) bond motifs is 2.